The van der Waals surface area contributed by atoms with E-state index in [1.165, 1.54) is 25.7 Å². The molecular formula is C18H30O3. The topological polar surface area (TPSA) is 35.5 Å². The Morgan fingerprint density at radius 1 is 1.00 bits per heavy atom. The number of hydrogen-bond donors (Lipinski definition) is 0. The molecule has 3 rings (SSSR count). The van der Waals surface area contributed by atoms with Crippen molar-refractivity contribution in [2.24, 2.45) is 17.8 Å². The number of carbonyl (C=O) groups is 1. The van der Waals surface area contributed by atoms with Gasteiger partial charge in [-0.25, -0.2) is 4.79 Å². The summed E-state index contributed by atoms with van der Waals surface area (Å²) < 4.78 is 12.0. The molecule has 0 aromatic heterocycles. The lowest BCUT2D eigenvalue weighted by Gasteiger charge is -2.61. The standard InChI is InChI=1S/C18H30O3/c1-13-9-10-15-17(2,3)21-18(15,16(19)20-12-11-13)14-7-5-4-6-8-14/h13-15H,4-12H2,1-3H3/t13-,15+,18+/m0/s1. The number of hydrogen-bond acceptors (Lipinski definition) is 3. The SMILES string of the molecule is C[C@@H]1CCOC(=O)[C@]2(C3CCCCC3)OC(C)(C)[C@H]2CC1. The predicted molar refractivity (Wildman–Crippen MR) is 81.9 cm³/mol. The monoisotopic (exact) mass is 294 g/mol. The fraction of sp³-hybridized carbons (Fsp3) is 0.944. The van der Waals surface area contributed by atoms with Crippen molar-refractivity contribution in [1.82, 2.24) is 0 Å². The van der Waals surface area contributed by atoms with Gasteiger partial charge >= 0.3 is 5.97 Å². The number of fused-ring (bicyclic) bond motifs is 1. The van der Waals surface area contributed by atoms with Crippen LogP contribution in [0.4, 0.5) is 0 Å². The van der Waals surface area contributed by atoms with Crippen LogP contribution in [0.3, 0.4) is 0 Å². The molecule has 3 heteroatoms. The summed E-state index contributed by atoms with van der Waals surface area (Å²) in [6.45, 7) is 7.13. The molecule has 0 N–H and O–H groups in total. The quantitative estimate of drug-likeness (QED) is 0.683. The summed E-state index contributed by atoms with van der Waals surface area (Å²) in [6.07, 6.45) is 9.27. The zero-order chi connectivity index (χ0) is 15.1. The van der Waals surface area contributed by atoms with Gasteiger partial charge in [0.15, 0.2) is 5.60 Å². The molecule has 1 saturated carbocycles. The minimum Gasteiger partial charge on any atom is -0.464 e. The summed E-state index contributed by atoms with van der Waals surface area (Å²) in [6, 6.07) is 0. The molecular weight excluding hydrogens is 264 g/mol. The van der Waals surface area contributed by atoms with E-state index in [9.17, 15) is 4.79 Å². The maximum absolute atomic E-state index is 12.8. The number of esters is 1. The summed E-state index contributed by atoms with van der Waals surface area (Å²) in [5.74, 6) is 1.26. The zero-order valence-corrected chi connectivity index (χ0v) is 13.8. The van der Waals surface area contributed by atoms with Crippen molar-refractivity contribution in [1.29, 1.82) is 0 Å². The number of ether oxygens (including phenoxy) is 2. The molecule has 0 aromatic carbocycles. The van der Waals surface area contributed by atoms with Gasteiger partial charge in [-0.2, -0.15) is 0 Å². The van der Waals surface area contributed by atoms with Crippen LogP contribution < -0.4 is 0 Å². The minimum absolute atomic E-state index is 0.0622. The first-order chi connectivity index (χ1) is 9.97. The molecule has 1 aliphatic carbocycles. The lowest BCUT2D eigenvalue weighted by Crippen LogP contribution is -2.73. The maximum Gasteiger partial charge on any atom is 0.339 e. The van der Waals surface area contributed by atoms with E-state index in [0.29, 0.717) is 24.4 Å². The maximum atomic E-state index is 12.8. The predicted octanol–water partition coefficient (Wildman–Crippen LogP) is 4.09. The second-order valence-electron chi connectivity index (χ2n) is 7.99. The average Bonchev–Trinajstić information content (AvgIpc) is 2.49. The van der Waals surface area contributed by atoms with E-state index in [2.05, 4.69) is 20.8 Å². The van der Waals surface area contributed by atoms with Crippen molar-refractivity contribution in [3.63, 3.8) is 0 Å². The van der Waals surface area contributed by atoms with Gasteiger partial charge in [-0.3, -0.25) is 0 Å². The highest BCUT2D eigenvalue weighted by Crippen LogP contribution is 2.57. The Labute approximate surface area is 128 Å². The van der Waals surface area contributed by atoms with Gasteiger partial charge in [0.2, 0.25) is 0 Å². The van der Waals surface area contributed by atoms with Crippen LogP contribution in [0.5, 0.6) is 0 Å². The third-order valence-electron chi connectivity index (χ3n) is 6.11. The first kappa shape index (κ1) is 15.3. The molecule has 2 heterocycles. The Kier molecular flexibility index (Phi) is 4.06. The molecule has 3 atom stereocenters. The van der Waals surface area contributed by atoms with Crippen LogP contribution in [-0.4, -0.2) is 23.8 Å². The molecule has 120 valence electrons. The number of rotatable bonds is 1. The highest BCUT2D eigenvalue weighted by Gasteiger charge is 2.68. The molecule has 2 saturated heterocycles. The van der Waals surface area contributed by atoms with Crippen molar-refractivity contribution in [2.45, 2.75) is 83.3 Å². The van der Waals surface area contributed by atoms with Crippen molar-refractivity contribution in [3.05, 3.63) is 0 Å². The zero-order valence-electron chi connectivity index (χ0n) is 13.8. The largest absolute Gasteiger partial charge is 0.464 e. The van der Waals surface area contributed by atoms with Crippen LogP contribution >= 0.6 is 0 Å². The van der Waals surface area contributed by atoms with Gasteiger partial charge in [-0.1, -0.05) is 32.6 Å². The second kappa shape index (κ2) is 5.57. The van der Waals surface area contributed by atoms with E-state index in [1.807, 2.05) is 0 Å². The molecule has 21 heavy (non-hydrogen) atoms. The Bertz CT molecular complexity index is 397. The molecule has 0 aromatic rings. The molecule has 2 aliphatic heterocycles. The van der Waals surface area contributed by atoms with Crippen LogP contribution in [0, 0.1) is 17.8 Å². The Morgan fingerprint density at radius 2 is 1.71 bits per heavy atom. The van der Waals surface area contributed by atoms with E-state index >= 15 is 0 Å². The summed E-state index contributed by atoms with van der Waals surface area (Å²) in [5, 5.41) is 0. The van der Waals surface area contributed by atoms with Gasteiger partial charge in [0.05, 0.1) is 12.2 Å². The molecule has 3 aliphatic rings. The molecule has 0 radical (unpaired) electrons. The molecule has 3 nitrogen and oxygen atoms in total. The van der Waals surface area contributed by atoms with Crippen LogP contribution in [-0.2, 0) is 14.3 Å². The lowest BCUT2D eigenvalue weighted by atomic mass is 9.59. The first-order valence-corrected chi connectivity index (χ1v) is 8.84. The van der Waals surface area contributed by atoms with Crippen molar-refractivity contribution in [3.8, 4) is 0 Å². The third kappa shape index (κ3) is 2.52. The molecule has 3 fully saturated rings. The summed E-state index contributed by atoms with van der Waals surface area (Å²) in [5.41, 5.74) is -0.811. The fourth-order valence-corrected chi connectivity index (χ4v) is 4.91. The number of carbonyl (C=O) groups excluding carboxylic acids is 1. The van der Waals surface area contributed by atoms with Crippen LogP contribution in [0.1, 0.15) is 72.1 Å². The van der Waals surface area contributed by atoms with Gasteiger partial charge < -0.3 is 9.47 Å². The molecule has 0 spiro atoms. The van der Waals surface area contributed by atoms with Crippen molar-refractivity contribution < 1.29 is 14.3 Å². The molecule has 0 bridgehead atoms. The lowest BCUT2D eigenvalue weighted by molar-refractivity contribution is -0.327. The van der Waals surface area contributed by atoms with E-state index in [-0.39, 0.29) is 11.6 Å². The number of cyclic esters (lactones) is 1. The van der Waals surface area contributed by atoms with Gasteiger partial charge in [0.1, 0.15) is 0 Å². The van der Waals surface area contributed by atoms with Gasteiger partial charge in [-0.05, 0) is 51.4 Å². The van der Waals surface area contributed by atoms with E-state index in [4.69, 9.17) is 9.47 Å². The van der Waals surface area contributed by atoms with E-state index < -0.39 is 5.60 Å². The second-order valence-corrected chi connectivity index (χ2v) is 7.99. The summed E-state index contributed by atoms with van der Waals surface area (Å²) in [7, 11) is 0. The normalized spacial score (nSPS) is 41.0. The van der Waals surface area contributed by atoms with E-state index in [1.54, 1.807) is 0 Å². The van der Waals surface area contributed by atoms with Gasteiger partial charge in [0.25, 0.3) is 0 Å². The smallest absolute Gasteiger partial charge is 0.339 e. The third-order valence-corrected chi connectivity index (χ3v) is 6.11. The molecule has 0 amide bonds. The Balaban J connectivity index is 1.90. The summed E-state index contributed by atoms with van der Waals surface area (Å²) in [4.78, 5) is 12.8. The minimum atomic E-state index is -0.631. The van der Waals surface area contributed by atoms with Gasteiger partial charge in [-0.15, -0.1) is 0 Å². The fourth-order valence-electron chi connectivity index (χ4n) is 4.91. The Hall–Kier alpha value is -0.570. The summed E-state index contributed by atoms with van der Waals surface area (Å²) >= 11 is 0. The van der Waals surface area contributed by atoms with E-state index in [0.717, 1.165) is 25.7 Å². The van der Waals surface area contributed by atoms with Gasteiger partial charge in [0, 0.05) is 5.92 Å². The average molecular weight is 294 g/mol. The first-order valence-electron chi connectivity index (χ1n) is 8.84. The van der Waals surface area contributed by atoms with Crippen molar-refractivity contribution >= 4 is 5.97 Å². The van der Waals surface area contributed by atoms with Crippen LogP contribution in [0.15, 0.2) is 0 Å². The highest BCUT2D eigenvalue weighted by molar-refractivity contribution is 5.82. The van der Waals surface area contributed by atoms with Crippen molar-refractivity contribution in [2.75, 3.05) is 6.61 Å². The Morgan fingerprint density at radius 3 is 2.38 bits per heavy atom. The van der Waals surface area contributed by atoms with Crippen LogP contribution in [0.25, 0.3) is 0 Å². The van der Waals surface area contributed by atoms with Crippen LogP contribution in [0.2, 0.25) is 0 Å². The highest BCUT2D eigenvalue weighted by atomic mass is 16.6. The molecule has 0 unspecified atom stereocenters.